The van der Waals surface area contributed by atoms with Gasteiger partial charge in [0.1, 0.15) is 22.9 Å². The molecule has 5 heterocycles. The van der Waals surface area contributed by atoms with Crippen LogP contribution >= 0.6 is 0 Å². The van der Waals surface area contributed by atoms with Gasteiger partial charge in [-0.1, -0.05) is 36.4 Å². The van der Waals surface area contributed by atoms with Crippen molar-refractivity contribution < 1.29 is 27.8 Å². The van der Waals surface area contributed by atoms with Crippen molar-refractivity contribution in [3.63, 3.8) is 0 Å². The number of hydrogen-bond acceptors (Lipinski definition) is 7. The highest BCUT2D eigenvalue weighted by molar-refractivity contribution is 5.97. The summed E-state index contributed by atoms with van der Waals surface area (Å²) in [6, 6.07) is 23.0. The minimum Gasteiger partial charge on any atom is -0.492 e. The van der Waals surface area contributed by atoms with E-state index < -0.39 is 17.2 Å². The number of nitrogens with zero attached hydrogens (tertiary/aromatic N) is 4. The Labute approximate surface area is 363 Å². The van der Waals surface area contributed by atoms with Crippen LogP contribution in [0.3, 0.4) is 0 Å². The van der Waals surface area contributed by atoms with Gasteiger partial charge in [0.25, 0.3) is 0 Å². The van der Waals surface area contributed by atoms with Crippen molar-refractivity contribution in [1.29, 1.82) is 0 Å². The molecular weight excluding hydrogens is 810 g/mol. The van der Waals surface area contributed by atoms with Gasteiger partial charge in [0.2, 0.25) is 5.43 Å². The number of aromatic carboxylic acids is 1. The number of carboxylic acids is 1. The average molecular weight is 863 g/mol. The highest BCUT2D eigenvalue weighted by Gasteiger charge is 2.38. The molecule has 0 amide bonds. The van der Waals surface area contributed by atoms with Gasteiger partial charge in [-0.2, -0.15) is 0 Å². The number of imidazole rings is 1. The largest absolute Gasteiger partial charge is 0.492 e. The number of aromatic nitrogens is 3. The molecule has 1 saturated carbocycles. The second-order valence-electron chi connectivity index (χ2n) is 17.5. The highest BCUT2D eigenvalue weighted by atomic mass is 19.1. The second kappa shape index (κ2) is 18.1. The van der Waals surface area contributed by atoms with Crippen LogP contribution in [0.5, 0.6) is 5.75 Å². The highest BCUT2D eigenvalue weighted by Crippen LogP contribution is 2.45. The first kappa shape index (κ1) is 42.4. The van der Waals surface area contributed by atoms with Gasteiger partial charge in [0, 0.05) is 56.4 Å². The summed E-state index contributed by atoms with van der Waals surface area (Å²) in [4.78, 5) is 44.3. The molecule has 2 atom stereocenters. The lowest BCUT2D eigenvalue weighted by molar-refractivity contribution is 0.0694. The molecule has 4 aliphatic rings. The number of rotatable bonds is 11. The van der Waals surface area contributed by atoms with E-state index >= 15 is 4.39 Å². The zero-order chi connectivity index (χ0) is 43.8. The summed E-state index contributed by atoms with van der Waals surface area (Å²) in [6.45, 7) is 5.27. The zero-order valence-corrected chi connectivity index (χ0v) is 35.4. The molecule has 3 aliphatic heterocycles. The fraction of sp³-hybridized carbons (Fsp3) is 0.408. The first-order chi connectivity index (χ1) is 30.6. The minimum absolute atomic E-state index is 0.0268. The van der Waals surface area contributed by atoms with Crippen molar-refractivity contribution in [3.05, 3.63) is 140 Å². The van der Waals surface area contributed by atoms with E-state index in [-0.39, 0.29) is 46.3 Å². The summed E-state index contributed by atoms with van der Waals surface area (Å²) in [5, 5.41) is 13.0. The van der Waals surface area contributed by atoms with Crippen LogP contribution in [0.2, 0.25) is 0 Å². The number of methoxy groups -OCH3 is 1. The number of aromatic amines is 1. The Kier molecular flexibility index (Phi) is 12.2. The number of benzene rings is 4. The van der Waals surface area contributed by atoms with Crippen molar-refractivity contribution in [3.8, 4) is 5.75 Å². The van der Waals surface area contributed by atoms with Crippen LogP contribution in [-0.2, 0) is 0 Å². The maximum atomic E-state index is 15.3. The van der Waals surface area contributed by atoms with Gasteiger partial charge in [-0.15, -0.1) is 0 Å². The second-order valence-corrected chi connectivity index (χ2v) is 17.5. The summed E-state index contributed by atoms with van der Waals surface area (Å²) >= 11 is 0. The number of carboxylic acid groups (broad SMARTS) is 1. The molecule has 1 aliphatic carbocycles. The maximum Gasteiger partial charge on any atom is 0.341 e. The Hall–Kier alpha value is -5.86. The number of para-hydroxylation sites is 2. The number of likely N-dealkylation sites (tertiary alicyclic amines) is 1. The lowest BCUT2D eigenvalue weighted by Crippen LogP contribution is -2.40. The number of ether oxygens (including phenoxy) is 1. The predicted octanol–water partition coefficient (Wildman–Crippen LogP) is 8.23. The van der Waals surface area contributed by atoms with E-state index in [1.54, 1.807) is 4.57 Å². The monoisotopic (exact) mass is 862 g/mol. The van der Waals surface area contributed by atoms with Crippen LogP contribution in [0, 0.1) is 23.4 Å². The van der Waals surface area contributed by atoms with Crippen LogP contribution in [-0.4, -0.2) is 82.5 Å². The number of piperidine rings is 2. The van der Waals surface area contributed by atoms with Crippen LogP contribution in [0.25, 0.3) is 21.9 Å². The molecule has 0 unspecified atom stereocenters. The maximum absolute atomic E-state index is 15.3. The van der Waals surface area contributed by atoms with E-state index in [1.165, 1.54) is 43.6 Å². The molecule has 0 radical (unpaired) electrons. The molecule has 6 aromatic rings. The molecule has 10 rings (SSSR count). The minimum atomic E-state index is -1.30. The van der Waals surface area contributed by atoms with Gasteiger partial charge >= 0.3 is 11.7 Å². The smallest absolute Gasteiger partial charge is 0.341 e. The summed E-state index contributed by atoms with van der Waals surface area (Å²) in [5.41, 5.74) is 3.78. The van der Waals surface area contributed by atoms with E-state index in [9.17, 15) is 28.3 Å². The van der Waals surface area contributed by atoms with Crippen LogP contribution in [0.15, 0.2) is 94.6 Å². The Morgan fingerprint density at radius 2 is 1.56 bits per heavy atom. The van der Waals surface area contributed by atoms with Crippen molar-refractivity contribution >= 4 is 33.6 Å². The van der Waals surface area contributed by atoms with E-state index in [0.717, 1.165) is 106 Å². The van der Waals surface area contributed by atoms with Crippen molar-refractivity contribution in [2.75, 3.05) is 51.3 Å². The molecule has 0 bridgehead atoms. The van der Waals surface area contributed by atoms with Gasteiger partial charge in [0.15, 0.2) is 11.6 Å². The summed E-state index contributed by atoms with van der Waals surface area (Å²) < 4.78 is 51.6. The van der Waals surface area contributed by atoms with Gasteiger partial charge in [-0.05, 0) is 124 Å². The molecule has 2 aromatic heterocycles. The fourth-order valence-corrected chi connectivity index (χ4v) is 10.2. The van der Waals surface area contributed by atoms with Gasteiger partial charge in [0.05, 0.1) is 29.0 Å². The standard InChI is InChI=1S/C28H29F2N3O.C21H24FN3O4/c29-22-11-7-20(8-12-22)25(21-9-13-23(30)14-10-21)4-3-17-32-18-15-24(16-19-32)33-27-6-2-1-5-26(27)31-28(33)34;1-29-20-17-13(19(26)14(21(27)28)9-25(17)12-4-5-12)7-15(22)18(20)24-8-11-3-2-6-23-16(11)10-24/h1-2,5-14,24-25H,3-4,15-19H2,(H,31,34);7,9,11-12,16,23H,2-6,8,10H2,1H3,(H,27,28)/t;11-,16+/m.0/s1. The number of pyridine rings is 1. The average Bonchev–Trinajstić information content (AvgIpc) is 3.95. The topological polar surface area (TPSA) is 125 Å². The number of hydrogen-bond donors (Lipinski definition) is 3. The number of fused-ring (bicyclic) bond motifs is 3. The molecule has 330 valence electrons. The normalized spacial score (nSPS) is 19.3. The molecule has 14 heteroatoms. The molecular formula is C49H53F3N6O5. The Morgan fingerprint density at radius 1 is 0.873 bits per heavy atom. The molecule has 11 nitrogen and oxygen atoms in total. The van der Waals surface area contributed by atoms with Gasteiger partial charge in [-0.25, -0.2) is 22.8 Å². The van der Waals surface area contributed by atoms with Crippen molar-refractivity contribution in [2.45, 2.75) is 75.4 Å². The van der Waals surface area contributed by atoms with Gasteiger partial charge in [-0.3, -0.25) is 9.36 Å². The molecule has 3 N–H and O–H groups in total. The molecule has 4 fully saturated rings. The molecule has 0 spiro atoms. The Bertz CT molecular complexity index is 2660. The molecule has 4 aromatic carbocycles. The molecule has 63 heavy (non-hydrogen) atoms. The zero-order valence-electron chi connectivity index (χ0n) is 35.4. The number of halogens is 3. The van der Waals surface area contributed by atoms with E-state index in [4.69, 9.17) is 4.74 Å². The first-order valence-electron chi connectivity index (χ1n) is 22.2. The first-order valence-corrected chi connectivity index (χ1v) is 22.2. The van der Waals surface area contributed by atoms with E-state index in [2.05, 4.69) is 15.2 Å². The number of nitrogens with one attached hydrogen (secondary N) is 2. The summed E-state index contributed by atoms with van der Waals surface area (Å²) in [5.74, 6) is -1.47. The van der Waals surface area contributed by atoms with Crippen LogP contribution < -0.4 is 26.1 Å². The quantitative estimate of drug-likeness (QED) is 0.119. The van der Waals surface area contributed by atoms with E-state index in [0.29, 0.717) is 35.5 Å². The number of carbonyl (C=O) groups is 1. The Morgan fingerprint density at radius 3 is 2.19 bits per heavy atom. The fourth-order valence-electron chi connectivity index (χ4n) is 10.2. The lowest BCUT2D eigenvalue weighted by Gasteiger charge is -2.32. The third kappa shape index (κ3) is 8.75. The number of anilines is 1. The third-order valence-corrected chi connectivity index (χ3v) is 13.5. The summed E-state index contributed by atoms with van der Waals surface area (Å²) in [6.07, 6.45) is 9.18. The Balaban J connectivity index is 0.000000162. The van der Waals surface area contributed by atoms with Crippen LogP contribution in [0.1, 0.15) is 90.9 Å². The number of H-pyrrole nitrogens is 1. The van der Waals surface area contributed by atoms with Crippen LogP contribution in [0.4, 0.5) is 18.9 Å². The lowest BCUT2D eigenvalue weighted by atomic mass is 9.87. The third-order valence-electron chi connectivity index (χ3n) is 13.5. The summed E-state index contributed by atoms with van der Waals surface area (Å²) in [7, 11) is 1.48. The van der Waals surface area contributed by atoms with Crippen molar-refractivity contribution in [1.82, 2.24) is 24.3 Å². The molecule has 3 saturated heterocycles. The SMILES string of the molecule is COc1c(N2C[C@@H]3CCCN[C@@H]3C2)c(F)cc2c(=O)c(C(=O)O)cn(C3CC3)c12.O=c1[nH]c2ccccc2n1C1CCN(CCCC(c2ccc(F)cc2)c2ccc(F)cc2)CC1. The van der Waals surface area contributed by atoms with Crippen molar-refractivity contribution in [2.24, 2.45) is 5.92 Å². The predicted molar refractivity (Wildman–Crippen MR) is 238 cm³/mol. The van der Waals surface area contributed by atoms with Gasteiger partial charge < -0.3 is 34.5 Å². The van der Waals surface area contributed by atoms with E-state index in [1.807, 2.05) is 58.0 Å².